The highest BCUT2D eigenvalue weighted by molar-refractivity contribution is 7.92. The fourth-order valence-electron chi connectivity index (χ4n) is 3.24. The predicted octanol–water partition coefficient (Wildman–Crippen LogP) is 3.98. The Morgan fingerprint density at radius 2 is 1.88 bits per heavy atom. The summed E-state index contributed by atoms with van der Waals surface area (Å²) in [7, 11) is -4.24. The van der Waals surface area contributed by atoms with E-state index in [0.29, 0.717) is 17.3 Å². The van der Waals surface area contributed by atoms with E-state index in [2.05, 4.69) is 15.3 Å². The second-order valence-corrected chi connectivity index (χ2v) is 9.51. The molecule has 1 amide bonds. The van der Waals surface area contributed by atoms with Gasteiger partial charge in [0.1, 0.15) is 17.8 Å². The van der Waals surface area contributed by atoms with E-state index in [1.807, 2.05) is 5.32 Å². The van der Waals surface area contributed by atoms with Gasteiger partial charge in [-0.3, -0.25) is 13.9 Å². The van der Waals surface area contributed by atoms with Gasteiger partial charge in [0, 0.05) is 17.5 Å². The molecule has 0 spiro atoms. The smallest absolute Gasteiger partial charge is 0.258 e. The first-order chi connectivity index (χ1) is 16.2. The van der Waals surface area contributed by atoms with Crippen LogP contribution in [0.2, 0.25) is 0 Å². The zero-order valence-corrected chi connectivity index (χ0v) is 18.4. The van der Waals surface area contributed by atoms with Crippen LogP contribution in [0.25, 0.3) is 10.9 Å². The molecule has 1 heterocycles. The highest BCUT2D eigenvalue weighted by Crippen LogP contribution is 2.31. The highest BCUT2D eigenvalue weighted by Gasteiger charge is 2.26. The first-order valence-corrected chi connectivity index (χ1v) is 11.9. The Morgan fingerprint density at radius 3 is 2.59 bits per heavy atom. The van der Waals surface area contributed by atoms with Crippen molar-refractivity contribution in [1.29, 1.82) is 0 Å². The van der Waals surface area contributed by atoms with E-state index in [9.17, 15) is 30.8 Å². The fraction of sp³-hybridized carbons (Fsp3) is 0.286. The van der Waals surface area contributed by atoms with E-state index in [-0.39, 0.29) is 23.5 Å². The molecule has 180 valence electrons. The van der Waals surface area contributed by atoms with Gasteiger partial charge in [-0.15, -0.1) is 0 Å². The molecule has 0 bridgehead atoms. The van der Waals surface area contributed by atoms with Crippen molar-refractivity contribution in [3.05, 3.63) is 53.6 Å². The summed E-state index contributed by atoms with van der Waals surface area (Å²) >= 11 is 0. The van der Waals surface area contributed by atoms with E-state index >= 15 is 0 Å². The Bertz CT molecular complexity index is 1370. The number of fused-ring (bicyclic) bond motifs is 1. The van der Waals surface area contributed by atoms with Gasteiger partial charge in [0.25, 0.3) is 5.91 Å². The zero-order chi connectivity index (χ0) is 24.5. The molecule has 0 unspecified atom stereocenters. The van der Waals surface area contributed by atoms with Gasteiger partial charge in [-0.25, -0.2) is 31.6 Å². The lowest BCUT2D eigenvalue weighted by Crippen LogP contribution is -2.20. The monoisotopic (exact) mass is 497 g/mol. The molecule has 13 heteroatoms. The normalized spacial score (nSPS) is 13.6. The number of para-hydroxylation sites is 1. The van der Waals surface area contributed by atoms with Crippen LogP contribution in [0, 0.1) is 17.5 Å². The second-order valence-electron chi connectivity index (χ2n) is 7.67. The molecule has 3 aromatic rings. The third kappa shape index (κ3) is 5.03. The molecule has 34 heavy (non-hydrogen) atoms. The third-order valence-electron chi connectivity index (χ3n) is 5.03. The van der Waals surface area contributed by atoms with Crippen molar-refractivity contribution < 1.29 is 30.8 Å². The molecule has 0 aliphatic heterocycles. The van der Waals surface area contributed by atoms with Crippen molar-refractivity contribution >= 4 is 44.0 Å². The molecule has 1 fully saturated rings. The first-order valence-electron chi connectivity index (χ1n) is 10.3. The fourth-order valence-corrected chi connectivity index (χ4v) is 4.31. The number of anilines is 3. The summed E-state index contributed by atoms with van der Waals surface area (Å²) in [6.07, 6.45) is 2.82. The Hall–Kier alpha value is -3.48. The van der Waals surface area contributed by atoms with Crippen molar-refractivity contribution in [1.82, 2.24) is 9.97 Å². The molecule has 1 aliphatic carbocycles. The van der Waals surface area contributed by atoms with E-state index in [0.717, 1.165) is 12.8 Å². The maximum atomic E-state index is 14.9. The van der Waals surface area contributed by atoms with Crippen molar-refractivity contribution in [3.63, 3.8) is 0 Å². The van der Waals surface area contributed by atoms with Gasteiger partial charge in [-0.2, -0.15) is 0 Å². The van der Waals surface area contributed by atoms with E-state index < -0.39 is 57.2 Å². The van der Waals surface area contributed by atoms with Crippen LogP contribution >= 0.6 is 0 Å². The SMILES string of the molecule is O=C(Nc1c(F)c(F)cc(NS(=O)(=O)CCCF)c1F)c1cccc2c(NC3CC3)ncnc12. The molecule has 0 saturated heterocycles. The summed E-state index contributed by atoms with van der Waals surface area (Å²) < 4.78 is 81.4. The van der Waals surface area contributed by atoms with E-state index in [1.54, 1.807) is 10.8 Å². The van der Waals surface area contributed by atoms with E-state index in [1.165, 1.54) is 18.5 Å². The van der Waals surface area contributed by atoms with Gasteiger partial charge in [0.05, 0.1) is 29.2 Å². The molecule has 0 radical (unpaired) electrons. The number of benzene rings is 2. The van der Waals surface area contributed by atoms with Crippen molar-refractivity contribution in [2.24, 2.45) is 0 Å². The van der Waals surface area contributed by atoms with Crippen molar-refractivity contribution in [3.8, 4) is 0 Å². The van der Waals surface area contributed by atoms with Crippen LogP contribution in [0.1, 0.15) is 29.6 Å². The Morgan fingerprint density at radius 1 is 1.12 bits per heavy atom. The number of amides is 1. The van der Waals surface area contributed by atoms with Crippen molar-refractivity contribution in [2.75, 3.05) is 27.8 Å². The maximum absolute atomic E-state index is 14.9. The summed E-state index contributed by atoms with van der Waals surface area (Å²) in [5.41, 5.74) is -1.98. The highest BCUT2D eigenvalue weighted by atomic mass is 32.2. The Labute approximate surface area is 191 Å². The number of aromatic nitrogens is 2. The number of hydrogen-bond donors (Lipinski definition) is 3. The zero-order valence-electron chi connectivity index (χ0n) is 17.5. The minimum absolute atomic E-state index is 0.0631. The van der Waals surface area contributed by atoms with Crippen molar-refractivity contribution in [2.45, 2.75) is 25.3 Å². The van der Waals surface area contributed by atoms with Crippen LogP contribution in [0.15, 0.2) is 30.6 Å². The number of carbonyl (C=O) groups excluding carboxylic acids is 1. The van der Waals surface area contributed by atoms with E-state index in [4.69, 9.17) is 0 Å². The molecule has 1 aromatic heterocycles. The number of sulfonamides is 1. The number of halogens is 4. The number of carbonyl (C=O) groups is 1. The third-order valence-corrected chi connectivity index (χ3v) is 6.39. The second kappa shape index (κ2) is 9.41. The van der Waals surface area contributed by atoms with Crippen LogP contribution in [-0.4, -0.2) is 42.8 Å². The Kier molecular flexibility index (Phi) is 6.55. The average molecular weight is 497 g/mol. The van der Waals surface area contributed by atoms with Gasteiger partial charge < -0.3 is 10.6 Å². The number of rotatable bonds is 9. The predicted molar refractivity (Wildman–Crippen MR) is 118 cm³/mol. The average Bonchev–Trinajstić information content (AvgIpc) is 3.62. The largest absolute Gasteiger partial charge is 0.367 e. The number of hydrogen-bond acceptors (Lipinski definition) is 6. The molecule has 4 rings (SSSR count). The summed E-state index contributed by atoms with van der Waals surface area (Å²) in [6, 6.07) is 5.12. The van der Waals surface area contributed by atoms with Gasteiger partial charge in [0.2, 0.25) is 10.0 Å². The molecule has 0 atom stereocenters. The standard InChI is InChI=1S/C21H19F4N5O3S/c22-7-2-8-34(32,33)30-15-9-14(23)16(24)19(17(15)25)29-21(31)13-4-1-3-12-18(13)26-10-27-20(12)28-11-5-6-11/h1,3-4,9-11,30H,2,5-8H2,(H,29,31)(H,26,27,28). The number of nitrogens with zero attached hydrogens (tertiary/aromatic N) is 2. The number of nitrogens with one attached hydrogen (secondary N) is 3. The van der Waals surface area contributed by atoms with Gasteiger partial charge in [0.15, 0.2) is 17.5 Å². The van der Waals surface area contributed by atoms with Crippen LogP contribution in [-0.2, 0) is 10.0 Å². The molecular weight excluding hydrogens is 478 g/mol. The quantitative estimate of drug-likeness (QED) is 0.305. The van der Waals surface area contributed by atoms with Gasteiger partial charge >= 0.3 is 0 Å². The van der Waals surface area contributed by atoms with Crippen LogP contribution in [0.5, 0.6) is 0 Å². The first kappa shape index (κ1) is 23.7. The van der Waals surface area contributed by atoms with Crippen LogP contribution in [0.3, 0.4) is 0 Å². The van der Waals surface area contributed by atoms with Crippen LogP contribution in [0.4, 0.5) is 34.8 Å². The van der Waals surface area contributed by atoms with Gasteiger partial charge in [-0.1, -0.05) is 6.07 Å². The summed E-state index contributed by atoms with van der Waals surface area (Å²) in [6.45, 7) is -0.936. The molecule has 1 aliphatic rings. The lowest BCUT2D eigenvalue weighted by molar-refractivity contribution is 0.102. The minimum atomic E-state index is -4.24. The molecule has 1 saturated carbocycles. The lowest BCUT2D eigenvalue weighted by atomic mass is 10.1. The minimum Gasteiger partial charge on any atom is -0.367 e. The molecular formula is C21H19F4N5O3S. The topological polar surface area (TPSA) is 113 Å². The molecule has 8 nitrogen and oxygen atoms in total. The molecule has 3 N–H and O–H groups in total. The summed E-state index contributed by atoms with van der Waals surface area (Å²) in [5.74, 6) is -6.07. The van der Waals surface area contributed by atoms with Gasteiger partial charge in [-0.05, 0) is 31.4 Å². The maximum Gasteiger partial charge on any atom is 0.258 e. The summed E-state index contributed by atoms with van der Waals surface area (Å²) in [4.78, 5) is 21.2. The lowest BCUT2D eigenvalue weighted by Gasteiger charge is -2.14. The molecule has 2 aromatic carbocycles. The Balaban J connectivity index is 1.67. The number of alkyl halides is 1. The van der Waals surface area contributed by atoms with Crippen LogP contribution < -0.4 is 15.4 Å². The summed E-state index contributed by atoms with van der Waals surface area (Å²) in [5, 5.41) is 5.67.